The summed E-state index contributed by atoms with van der Waals surface area (Å²) in [5.41, 5.74) is 0.489. The monoisotopic (exact) mass is 289 g/mol. The van der Waals surface area contributed by atoms with E-state index >= 15 is 0 Å². The lowest BCUT2D eigenvalue weighted by molar-refractivity contribution is 0.0697. The second-order valence-corrected chi connectivity index (χ2v) is 4.98. The van der Waals surface area contributed by atoms with Gasteiger partial charge in [-0.25, -0.2) is 4.98 Å². The second-order valence-electron chi connectivity index (χ2n) is 4.98. The predicted molar refractivity (Wildman–Crippen MR) is 79.8 cm³/mol. The minimum atomic E-state index is -0.924. The van der Waals surface area contributed by atoms with Gasteiger partial charge in [0.15, 0.2) is 11.5 Å². The maximum Gasteiger partial charge on any atom is 0.157 e. The van der Waals surface area contributed by atoms with Gasteiger partial charge in [0.1, 0.15) is 11.9 Å². The van der Waals surface area contributed by atoms with Crippen molar-refractivity contribution in [2.45, 2.75) is 12.1 Å². The number of aliphatic hydroxyl groups excluding tert-OH is 1. The molecule has 2 aromatic rings. The summed E-state index contributed by atoms with van der Waals surface area (Å²) in [7, 11) is 3.66. The van der Waals surface area contributed by atoms with Gasteiger partial charge in [-0.2, -0.15) is 0 Å². The number of hydrogen-bond acceptors (Lipinski definition) is 5. The van der Waals surface area contributed by atoms with Gasteiger partial charge in [-0.3, -0.25) is 4.90 Å². The van der Waals surface area contributed by atoms with E-state index in [9.17, 15) is 15.3 Å². The van der Waals surface area contributed by atoms with Crippen molar-refractivity contribution in [1.82, 2.24) is 14.5 Å². The summed E-state index contributed by atoms with van der Waals surface area (Å²) in [6, 6.07) is 3.83. The average Bonchev–Trinajstić information content (AvgIpc) is 2.89. The minimum absolute atomic E-state index is 0.222. The molecule has 1 aromatic carbocycles. The Kier molecular flexibility index (Phi) is 4.30. The summed E-state index contributed by atoms with van der Waals surface area (Å²) < 4.78 is 1.73. The number of phenolic OH excluding ortho intramolecular Hbond substituents is 2. The molecular weight excluding hydrogens is 270 g/mol. The van der Waals surface area contributed by atoms with E-state index in [2.05, 4.69) is 11.6 Å². The number of hydrogen-bond donors (Lipinski definition) is 3. The summed E-state index contributed by atoms with van der Waals surface area (Å²) in [6.45, 7) is 3.71. The Morgan fingerprint density at radius 3 is 2.57 bits per heavy atom. The van der Waals surface area contributed by atoms with Crippen LogP contribution in [0.3, 0.4) is 0 Å². The highest BCUT2D eigenvalue weighted by molar-refractivity contribution is 5.41. The zero-order chi connectivity index (χ0) is 15.6. The van der Waals surface area contributed by atoms with Crippen molar-refractivity contribution in [3.8, 4) is 11.5 Å². The molecule has 0 aliphatic rings. The van der Waals surface area contributed by atoms with Crippen LogP contribution in [-0.4, -0.2) is 43.9 Å². The maximum absolute atomic E-state index is 10.6. The molecule has 1 aromatic heterocycles. The average molecular weight is 289 g/mol. The van der Waals surface area contributed by atoms with Gasteiger partial charge in [-0.1, -0.05) is 12.6 Å². The molecule has 2 atom stereocenters. The minimum Gasteiger partial charge on any atom is -0.504 e. The Balaban J connectivity index is 2.42. The van der Waals surface area contributed by atoms with Crippen LogP contribution in [0.1, 0.15) is 23.5 Å². The molecule has 0 aliphatic carbocycles. The Morgan fingerprint density at radius 2 is 2.00 bits per heavy atom. The zero-order valence-corrected chi connectivity index (χ0v) is 12.0. The van der Waals surface area contributed by atoms with Crippen LogP contribution in [0.5, 0.6) is 11.5 Å². The van der Waals surface area contributed by atoms with E-state index in [4.69, 9.17) is 0 Å². The van der Waals surface area contributed by atoms with Crippen molar-refractivity contribution in [2.24, 2.45) is 0 Å². The molecule has 0 aliphatic heterocycles. The quantitative estimate of drug-likeness (QED) is 0.730. The Labute approximate surface area is 123 Å². The number of benzene rings is 1. The summed E-state index contributed by atoms with van der Waals surface area (Å²) in [6.07, 6.45) is 4.07. The van der Waals surface area contributed by atoms with E-state index in [0.717, 1.165) is 0 Å². The molecule has 0 bridgehead atoms. The van der Waals surface area contributed by atoms with Gasteiger partial charge in [-0.15, -0.1) is 0 Å². The summed E-state index contributed by atoms with van der Waals surface area (Å²) >= 11 is 0. The van der Waals surface area contributed by atoms with Gasteiger partial charge in [-0.05, 0) is 31.8 Å². The third-order valence-electron chi connectivity index (χ3n) is 3.36. The number of nitrogens with zero attached hydrogens (tertiary/aromatic N) is 3. The number of aromatic hydroxyl groups is 2. The first kappa shape index (κ1) is 15.1. The Morgan fingerprint density at radius 1 is 1.29 bits per heavy atom. The zero-order valence-electron chi connectivity index (χ0n) is 12.0. The first-order valence-corrected chi connectivity index (χ1v) is 6.47. The van der Waals surface area contributed by atoms with E-state index in [-0.39, 0.29) is 11.5 Å². The summed E-state index contributed by atoms with van der Waals surface area (Å²) in [5, 5.41) is 29.6. The molecule has 21 heavy (non-hydrogen) atoms. The topological polar surface area (TPSA) is 81.8 Å². The third-order valence-corrected chi connectivity index (χ3v) is 3.36. The van der Waals surface area contributed by atoms with Crippen LogP contribution in [0.15, 0.2) is 37.2 Å². The first-order valence-electron chi connectivity index (χ1n) is 6.47. The lowest BCUT2D eigenvalue weighted by Crippen LogP contribution is -2.28. The third kappa shape index (κ3) is 2.91. The fraction of sp³-hybridized carbons (Fsp3) is 0.267. The predicted octanol–water partition coefficient (Wildman–Crippen LogP) is 1.73. The van der Waals surface area contributed by atoms with Crippen LogP contribution in [0, 0.1) is 0 Å². The molecule has 2 rings (SSSR count). The molecule has 6 nitrogen and oxygen atoms in total. The normalized spacial score (nSPS) is 14.1. The van der Waals surface area contributed by atoms with Gasteiger partial charge >= 0.3 is 0 Å². The number of likely N-dealkylation sites (N-methyl/N-ethyl adjacent to an activating group) is 1. The van der Waals surface area contributed by atoms with E-state index in [1.165, 1.54) is 12.1 Å². The van der Waals surface area contributed by atoms with Crippen molar-refractivity contribution >= 4 is 6.20 Å². The fourth-order valence-electron chi connectivity index (χ4n) is 2.27. The van der Waals surface area contributed by atoms with Crippen molar-refractivity contribution in [1.29, 1.82) is 0 Å². The lowest BCUT2D eigenvalue weighted by atomic mass is 10.00. The number of aromatic nitrogens is 2. The molecule has 0 saturated carbocycles. The summed E-state index contributed by atoms with van der Waals surface area (Å²) in [5.74, 6) is 0.145. The molecule has 0 amide bonds. The molecular formula is C15H19N3O3. The molecule has 0 radical (unpaired) electrons. The number of phenols is 2. The fourth-order valence-corrected chi connectivity index (χ4v) is 2.27. The molecule has 2 unspecified atom stereocenters. The molecule has 112 valence electrons. The maximum atomic E-state index is 10.6. The largest absolute Gasteiger partial charge is 0.504 e. The molecule has 0 fully saturated rings. The van der Waals surface area contributed by atoms with Gasteiger partial charge in [0.25, 0.3) is 0 Å². The number of aliphatic hydroxyl groups is 1. The van der Waals surface area contributed by atoms with Crippen LogP contribution >= 0.6 is 0 Å². The molecule has 1 heterocycles. The highest BCUT2D eigenvalue weighted by atomic mass is 16.3. The smallest absolute Gasteiger partial charge is 0.157 e. The van der Waals surface area contributed by atoms with E-state index < -0.39 is 12.1 Å². The van der Waals surface area contributed by atoms with Crippen LogP contribution < -0.4 is 0 Å². The SMILES string of the molecule is C=Cn1ccnc1C(C(O)c1ccc(O)c(O)c1)N(C)C. The van der Waals surface area contributed by atoms with Crippen molar-refractivity contribution in [3.05, 3.63) is 48.6 Å². The van der Waals surface area contributed by atoms with E-state index in [1.54, 1.807) is 29.2 Å². The highest BCUT2D eigenvalue weighted by Crippen LogP contribution is 2.35. The van der Waals surface area contributed by atoms with Crippen LogP contribution in [-0.2, 0) is 0 Å². The molecule has 6 heteroatoms. The van der Waals surface area contributed by atoms with Gasteiger partial charge in [0.2, 0.25) is 0 Å². The molecule has 3 N–H and O–H groups in total. The number of imidazole rings is 1. The van der Waals surface area contributed by atoms with Crippen LogP contribution in [0.4, 0.5) is 0 Å². The Bertz CT molecular complexity index is 637. The first-order chi connectivity index (χ1) is 9.95. The van der Waals surface area contributed by atoms with Gasteiger partial charge < -0.3 is 19.9 Å². The second kappa shape index (κ2) is 5.99. The Hall–Kier alpha value is -2.31. The van der Waals surface area contributed by atoms with Gasteiger partial charge in [0, 0.05) is 18.6 Å². The van der Waals surface area contributed by atoms with E-state index in [0.29, 0.717) is 11.4 Å². The van der Waals surface area contributed by atoms with Gasteiger partial charge in [0.05, 0.1) is 6.04 Å². The summed E-state index contributed by atoms with van der Waals surface area (Å²) in [4.78, 5) is 6.10. The van der Waals surface area contributed by atoms with E-state index in [1.807, 2.05) is 19.0 Å². The molecule has 0 spiro atoms. The lowest BCUT2D eigenvalue weighted by Gasteiger charge is -2.29. The van der Waals surface area contributed by atoms with Crippen molar-refractivity contribution < 1.29 is 15.3 Å². The standard InChI is InChI=1S/C15H19N3O3/c1-4-18-8-7-16-15(18)13(17(2)3)14(21)10-5-6-11(19)12(20)9-10/h4-9,13-14,19-21H,1H2,2-3H3. The molecule has 0 saturated heterocycles. The highest BCUT2D eigenvalue weighted by Gasteiger charge is 2.28. The van der Waals surface area contributed by atoms with Crippen LogP contribution in [0.25, 0.3) is 6.20 Å². The number of rotatable bonds is 5. The van der Waals surface area contributed by atoms with Crippen LogP contribution in [0.2, 0.25) is 0 Å². The van der Waals surface area contributed by atoms with Crippen molar-refractivity contribution in [2.75, 3.05) is 14.1 Å². The van der Waals surface area contributed by atoms with Crippen molar-refractivity contribution in [3.63, 3.8) is 0 Å².